The summed E-state index contributed by atoms with van der Waals surface area (Å²) in [5, 5.41) is 11.6. The minimum atomic E-state index is -1.36. The number of halogens is 2. The number of aromatic carboxylic acids is 1. The van der Waals surface area contributed by atoms with Gasteiger partial charge in [0.2, 0.25) is 0 Å². The van der Waals surface area contributed by atoms with E-state index in [0.29, 0.717) is 6.42 Å². The van der Waals surface area contributed by atoms with Crippen LogP contribution in [0.1, 0.15) is 30.6 Å². The molecule has 0 aromatic heterocycles. The van der Waals surface area contributed by atoms with E-state index < -0.39 is 23.2 Å². The maximum absolute atomic E-state index is 13.8. The molecule has 0 saturated heterocycles. The number of nitrogens with one attached hydrogen (secondary N) is 1. The van der Waals surface area contributed by atoms with Gasteiger partial charge in [-0.05, 0) is 18.6 Å². The van der Waals surface area contributed by atoms with E-state index in [2.05, 4.69) is 5.32 Å². The summed E-state index contributed by atoms with van der Waals surface area (Å²) in [6.07, 6.45) is 0.674. The van der Waals surface area contributed by atoms with Crippen LogP contribution in [0.2, 0.25) is 0 Å². The number of hydrogen-bond donors (Lipinski definition) is 2. The van der Waals surface area contributed by atoms with Crippen molar-refractivity contribution in [1.82, 2.24) is 0 Å². The molecule has 2 atom stereocenters. The molecular weight excluding hydrogens is 268 g/mol. The summed E-state index contributed by atoms with van der Waals surface area (Å²) < 4.78 is 32.9. The minimum absolute atomic E-state index is 0.0319. The van der Waals surface area contributed by atoms with E-state index in [-0.39, 0.29) is 23.2 Å². The van der Waals surface area contributed by atoms with Crippen molar-refractivity contribution in [3.63, 3.8) is 0 Å². The third-order valence-corrected chi connectivity index (χ3v) is 4.07. The van der Waals surface area contributed by atoms with Gasteiger partial charge in [0.1, 0.15) is 17.3 Å². The van der Waals surface area contributed by atoms with Gasteiger partial charge in [-0.1, -0.05) is 13.8 Å². The molecule has 2 rings (SSSR count). The molecular formula is C14H17F2NO3. The van der Waals surface area contributed by atoms with Gasteiger partial charge in [-0.25, -0.2) is 13.6 Å². The fraction of sp³-hybridized carbons (Fsp3) is 0.500. The van der Waals surface area contributed by atoms with Crippen LogP contribution in [0.4, 0.5) is 14.5 Å². The Kier molecular flexibility index (Phi) is 3.69. The molecule has 0 aliphatic heterocycles. The Balaban J connectivity index is 2.21. The smallest absolute Gasteiger partial charge is 0.335 e. The van der Waals surface area contributed by atoms with Crippen LogP contribution in [0, 0.1) is 17.0 Å². The summed E-state index contributed by atoms with van der Waals surface area (Å²) in [5.74, 6) is -3.17. The summed E-state index contributed by atoms with van der Waals surface area (Å²) in [5.41, 5.74) is -0.949. The van der Waals surface area contributed by atoms with Gasteiger partial charge in [0.05, 0.1) is 11.7 Å². The summed E-state index contributed by atoms with van der Waals surface area (Å²) in [6.45, 7) is 3.90. The second kappa shape index (κ2) is 5.01. The zero-order valence-corrected chi connectivity index (χ0v) is 11.5. The number of carboxylic acids is 1. The molecule has 110 valence electrons. The second-order valence-corrected chi connectivity index (χ2v) is 5.60. The predicted octanol–water partition coefficient (Wildman–Crippen LogP) is 2.89. The zero-order valence-electron chi connectivity index (χ0n) is 11.5. The van der Waals surface area contributed by atoms with Gasteiger partial charge in [-0.3, -0.25) is 0 Å². The first kappa shape index (κ1) is 14.7. The van der Waals surface area contributed by atoms with Gasteiger partial charge in [-0.2, -0.15) is 0 Å². The highest BCUT2D eigenvalue weighted by Gasteiger charge is 2.49. The van der Waals surface area contributed by atoms with Crippen molar-refractivity contribution in [2.24, 2.45) is 5.41 Å². The number of carboxylic acid groups (broad SMARTS) is 1. The first-order chi connectivity index (χ1) is 9.27. The molecule has 0 bridgehead atoms. The fourth-order valence-electron chi connectivity index (χ4n) is 2.54. The topological polar surface area (TPSA) is 58.6 Å². The van der Waals surface area contributed by atoms with Crippen LogP contribution in [0.3, 0.4) is 0 Å². The molecule has 0 heterocycles. The normalized spacial score (nSPS) is 24.1. The lowest BCUT2D eigenvalue weighted by Gasteiger charge is -2.51. The average molecular weight is 285 g/mol. The summed E-state index contributed by atoms with van der Waals surface area (Å²) in [6, 6.07) is 1.49. The lowest BCUT2D eigenvalue weighted by atomic mass is 9.64. The number of methoxy groups -OCH3 is 1. The summed E-state index contributed by atoms with van der Waals surface area (Å²) in [7, 11) is 1.60. The standard InChI is InChI=1S/C14H17F2NO3/c1-14(2)10(6-11(14)20-3)17-12-8(15)4-7(13(18)19)5-9(12)16/h4-5,10-11,17H,6H2,1-3H3,(H,18,19). The van der Waals surface area contributed by atoms with E-state index in [4.69, 9.17) is 9.84 Å². The maximum atomic E-state index is 13.8. The van der Waals surface area contributed by atoms with Gasteiger partial charge in [0.15, 0.2) is 0 Å². The number of rotatable bonds is 4. The number of ether oxygens (including phenoxy) is 1. The van der Waals surface area contributed by atoms with Gasteiger partial charge in [-0.15, -0.1) is 0 Å². The van der Waals surface area contributed by atoms with Crippen LogP contribution < -0.4 is 5.32 Å². The third-order valence-electron chi connectivity index (χ3n) is 4.07. The molecule has 2 N–H and O–H groups in total. The molecule has 4 nitrogen and oxygen atoms in total. The Hall–Kier alpha value is -1.69. The lowest BCUT2D eigenvalue weighted by molar-refractivity contribution is -0.0796. The highest BCUT2D eigenvalue weighted by atomic mass is 19.1. The first-order valence-electron chi connectivity index (χ1n) is 6.29. The third kappa shape index (κ3) is 2.35. The van der Waals surface area contributed by atoms with Gasteiger partial charge < -0.3 is 15.2 Å². The molecule has 1 aliphatic carbocycles. The van der Waals surface area contributed by atoms with E-state index in [0.717, 1.165) is 12.1 Å². The largest absolute Gasteiger partial charge is 0.478 e. The van der Waals surface area contributed by atoms with Gasteiger partial charge in [0.25, 0.3) is 0 Å². The predicted molar refractivity (Wildman–Crippen MR) is 69.9 cm³/mol. The highest BCUT2D eigenvalue weighted by molar-refractivity contribution is 5.88. The Bertz CT molecular complexity index is 522. The van der Waals surface area contributed by atoms with E-state index in [1.54, 1.807) is 7.11 Å². The molecule has 0 spiro atoms. The molecule has 0 radical (unpaired) electrons. The van der Waals surface area contributed by atoms with Crippen LogP contribution in [0.15, 0.2) is 12.1 Å². The quantitative estimate of drug-likeness (QED) is 0.893. The molecule has 1 aromatic rings. The molecule has 1 aliphatic rings. The zero-order chi connectivity index (χ0) is 15.1. The molecule has 1 saturated carbocycles. The van der Waals surface area contributed by atoms with E-state index in [1.165, 1.54) is 0 Å². The molecule has 1 fully saturated rings. The Morgan fingerprint density at radius 2 is 1.95 bits per heavy atom. The van der Waals surface area contributed by atoms with Gasteiger partial charge in [0, 0.05) is 18.6 Å². The number of hydrogen-bond acceptors (Lipinski definition) is 3. The van der Waals surface area contributed by atoms with Crippen molar-refractivity contribution >= 4 is 11.7 Å². The van der Waals surface area contributed by atoms with Crippen molar-refractivity contribution in [2.45, 2.75) is 32.4 Å². The number of carbonyl (C=O) groups is 1. The Labute approximate surface area is 115 Å². The summed E-state index contributed by atoms with van der Waals surface area (Å²) in [4.78, 5) is 10.7. The number of anilines is 1. The number of benzene rings is 1. The van der Waals surface area contributed by atoms with Gasteiger partial charge >= 0.3 is 5.97 Å². The molecule has 1 aromatic carbocycles. The molecule has 2 unspecified atom stereocenters. The van der Waals surface area contributed by atoms with Crippen LogP contribution >= 0.6 is 0 Å². The van der Waals surface area contributed by atoms with E-state index in [1.807, 2.05) is 13.8 Å². The Morgan fingerprint density at radius 3 is 2.35 bits per heavy atom. The first-order valence-corrected chi connectivity index (χ1v) is 6.29. The minimum Gasteiger partial charge on any atom is -0.478 e. The van der Waals surface area contributed by atoms with Crippen molar-refractivity contribution in [1.29, 1.82) is 0 Å². The maximum Gasteiger partial charge on any atom is 0.335 e. The van der Waals surface area contributed by atoms with E-state index in [9.17, 15) is 13.6 Å². The molecule has 6 heteroatoms. The second-order valence-electron chi connectivity index (χ2n) is 5.60. The van der Waals surface area contributed by atoms with Crippen molar-refractivity contribution in [3.8, 4) is 0 Å². The van der Waals surface area contributed by atoms with Crippen molar-refractivity contribution in [2.75, 3.05) is 12.4 Å². The van der Waals surface area contributed by atoms with Crippen LogP contribution in [-0.2, 0) is 4.74 Å². The van der Waals surface area contributed by atoms with E-state index >= 15 is 0 Å². The van der Waals surface area contributed by atoms with Crippen LogP contribution in [0.5, 0.6) is 0 Å². The summed E-state index contributed by atoms with van der Waals surface area (Å²) >= 11 is 0. The van der Waals surface area contributed by atoms with Crippen LogP contribution in [0.25, 0.3) is 0 Å². The van der Waals surface area contributed by atoms with Crippen molar-refractivity contribution in [3.05, 3.63) is 29.3 Å². The SMILES string of the molecule is COC1CC(Nc2c(F)cc(C(=O)O)cc2F)C1(C)C. The Morgan fingerprint density at radius 1 is 1.40 bits per heavy atom. The monoisotopic (exact) mass is 285 g/mol. The van der Waals surface area contributed by atoms with Crippen molar-refractivity contribution < 1.29 is 23.4 Å². The average Bonchev–Trinajstić information content (AvgIpc) is 2.35. The lowest BCUT2D eigenvalue weighted by Crippen LogP contribution is -2.57. The molecule has 20 heavy (non-hydrogen) atoms. The fourth-order valence-corrected chi connectivity index (χ4v) is 2.54. The highest BCUT2D eigenvalue weighted by Crippen LogP contribution is 2.44. The van der Waals surface area contributed by atoms with Crippen LogP contribution in [-0.4, -0.2) is 30.3 Å². The molecule has 0 amide bonds.